The van der Waals surface area contributed by atoms with E-state index in [1.807, 2.05) is 19.1 Å². The molecule has 0 spiro atoms. The number of benzene rings is 1. The summed E-state index contributed by atoms with van der Waals surface area (Å²) < 4.78 is 1.59. The van der Waals surface area contributed by atoms with E-state index < -0.39 is 0 Å². The average molecular weight is 271 g/mol. The minimum Gasteiger partial charge on any atom is -0.349 e. The molecule has 1 aromatic carbocycles. The lowest BCUT2D eigenvalue weighted by Crippen LogP contribution is -2.34. The van der Waals surface area contributed by atoms with Crippen LogP contribution in [0.5, 0.6) is 0 Å². The summed E-state index contributed by atoms with van der Waals surface area (Å²) in [6, 6.07) is 5.79. The molecule has 20 heavy (non-hydrogen) atoms. The summed E-state index contributed by atoms with van der Waals surface area (Å²) in [6.45, 7) is 4.01. The second-order valence-electron chi connectivity index (χ2n) is 5.36. The van der Waals surface area contributed by atoms with Crippen LogP contribution < -0.4 is 5.32 Å². The Morgan fingerprint density at radius 1 is 1.45 bits per heavy atom. The van der Waals surface area contributed by atoms with Crippen LogP contribution in [0.15, 0.2) is 24.5 Å². The summed E-state index contributed by atoms with van der Waals surface area (Å²) >= 11 is 0. The largest absolute Gasteiger partial charge is 0.349 e. The molecule has 2 aromatic rings. The Labute approximate surface area is 117 Å². The SMILES string of the molecule is Cc1cc(C(=O)N[C@H](C)C2CC2)ccc1-n1cnnn1. The lowest BCUT2D eigenvalue weighted by Gasteiger charge is -2.13. The fourth-order valence-electron chi connectivity index (χ4n) is 2.33. The van der Waals surface area contributed by atoms with Crippen molar-refractivity contribution in [2.24, 2.45) is 5.92 Å². The zero-order chi connectivity index (χ0) is 14.1. The third kappa shape index (κ3) is 2.54. The summed E-state index contributed by atoms with van der Waals surface area (Å²) in [5.74, 6) is 0.635. The van der Waals surface area contributed by atoms with Gasteiger partial charge < -0.3 is 5.32 Å². The van der Waals surface area contributed by atoms with Crippen LogP contribution >= 0.6 is 0 Å². The molecule has 6 heteroatoms. The topological polar surface area (TPSA) is 72.7 Å². The van der Waals surface area contributed by atoms with Crippen LogP contribution in [0.3, 0.4) is 0 Å². The highest BCUT2D eigenvalue weighted by Gasteiger charge is 2.29. The Morgan fingerprint density at radius 3 is 2.85 bits per heavy atom. The lowest BCUT2D eigenvalue weighted by atomic mass is 10.1. The van der Waals surface area contributed by atoms with E-state index in [1.54, 1.807) is 10.7 Å². The van der Waals surface area contributed by atoms with Gasteiger partial charge in [0, 0.05) is 11.6 Å². The van der Waals surface area contributed by atoms with Gasteiger partial charge in [0.25, 0.3) is 5.91 Å². The smallest absolute Gasteiger partial charge is 0.251 e. The van der Waals surface area contributed by atoms with Gasteiger partial charge in [-0.15, -0.1) is 5.10 Å². The molecule has 104 valence electrons. The van der Waals surface area contributed by atoms with Crippen LogP contribution in [0.1, 0.15) is 35.7 Å². The number of carbonyl (C=O) groups is 1. The van der Waals surface area contributed by atoms with E-state index in [2.05, 4.69) is 27.8 Å². The van der Waals surface area contributed by atoms with Crippen molar-refractivity contribution in [1.82, 2.24) is 25.5 Å². The standard InChI is InChI=1S/C14H17N5O/c1-9-7-12(14(20)16-10(2)11-3-4-11)5-6-13(9)19-8-15-17-18-19/h5-8,10-11H,3-4H2,1-2H3,(H,16,20)/t10-/m1/s1. The number of carbonyl (C=O) groups excluding carboxylic acids is 1. The van der Waals surface area contributed by atoms with Gasteiger partial charge >= 0.3 is 0 Å². The van der Waals surface area contributed by atoms with E-state index in [0.29, 0.717) is 11.5 Å². The molecule has 0 unspecified atom stereocenters. The van der Waals surface area contributed by atoms with Crippen LogP contribution in [0.25, 0.3) is 5.69 Å². The first-order valence-corrected chi connectivity index (χ1v) is 6.80. The highest BCUT2D eigenvalue weighted by atomic mass is 16.1. The summed E-state index contributed by atoms with van der Waals surface area (Å²) in [4.78, 5) is 12.2. The molecule has 1 heterocycles. The number of amides is 1. The van der Waals surface area contributed by atoms with E-state index in [0.717, 1.165) is 11.3 Å². The summed E-state index contributed by atoms with van der Waals surface area (Å²) in [5.41, 5.74) is 2.51. The minimum atomic E-state index is -0.0178. The van der Waals surface area contributed by atoms with Gasteiger partial charge in [-0.05, 0) is 66.8 Å². The maximum Gasteiger partial charge on any atom is 0.251 e. The molecule has 0 bridgehead atoms. The van der Waals surface area contributed by atoms with E-state index in [9.17, 15) is 4.79 Å². The Hall–Kier alpha value is -2.24. The quantitative estimate of drug-likeness (QED) is 0.914. The van der Waals surface area contributed by atoms with E-state index >= 15 is 0 Å². The van der Waals surface area contributed by atoms with Crippen molar-refractivity contribution in [1.29, 1.82) is 0 Å². The number of tetrazole rings is 1. The molecule has 1 saturated carbocycles. The normalized spacial score (nSPS) is 15.9. The molecule has 0 aliphatic heterocycles. The van der Waals surface area contributed by atoms with Gasteiger partial charge in [-0.25, -0.2) is 4.68 Å². The first-order valence-electron chi connectivity index (χ1n) is 6.80. The maximum atomic E-state index is 12.2. The van der Waals surface area contributed by atoms with Crippen LogP contribution in [-0.2, 0) is 0 Å². The number of nitrogens with one attached hydrogen (secondary N) is 1. The first kappa shape index (κ1) is 12.8. The van der Waals surface area contributed by atoms with Crippen LogP contribution in [0.4, 0.5) is 0 Å². The van der Waals surface area contributed by atoms with Gasteiger partial charge in [-0.3, -0.25) is 4.79 Å². The molecule has 1 N–H and O–H groups in total. The Morgan fingerprint density at radius 2 is 2.25 bits per heavy atom. The molecule has 1 atom stereocenters. The first-order chi connectivity index (χ1) is 9.65. The maximum absolute atomic E-state index is 12.2. The lowest BCUT2D eigenvalue weighted by molar-refractivity contribution is 0.0936. The summed E-state index contributed by atoms with van der Waals surface area (Å²) in [5, 5.41) is 14.1. The second kappa shape index (κ2) is 5.03. The third-order valence-electron chi connectivity index (χ3n) is 3.74. The van der Waals surface area contributed by atoms with Gasteiger partial charge in [-0.1, -0.05) is 0 Å². The van der Waals surface area contributed by atoms with E-state index in [-0.39, 0.29) is 11.9 Å². The number of rotatable bonds is 4. The molecule has 1 amide bonds. The number of nitrogens with zero attached hydrogens (tertiary/aromatic N) is 4. The molecule has 1 fully saturated rings. The van der Waals surface area contributed by atoms with Crippen LogP contribution in [0, 0.1) is 12.8 Å². The van der Waals surface area contributed by atoms with Crippen molar-refractivity contribution < 1.29 is 4.79 Å². The highest BCUT2D eigenvalue weighted by molar-refractivity contribution is 5.94. The molecule has 1 aliphatic rings. The molecular weight excluding hydrogens is 254 g/mol. The number of aryl methyl sites for hydroxylation is 1. The van der Waals surface area contributed by atoms with Crippen molar-refractivity contribution in [3.63, 3.8) is 0 Å². The molecule has 6 nitrogen and oxygen atoms in total. The van der Waals surface area contributed by atoms with Crippen molar-refractivity contribution in [3.8, 4) is 5.69 Å². The van der Waals surface area contributed by atoms with Crippen LogP contribution in [-0.4, -0.2) is 32.2 Å². The molecular formula is C14H17N5O. The van der Waals surface area contributed by atoms with Crippen molar-refractivity contribution in [2.75, 3.05) is 0 Å². The van der Waals surface area contributed by atoms with Crippen molar-refractivity contribution >= 4 is 5.91 Å². The predicted octanol–water partition coefficient (Wildman–Crippen LogP) is 1.50. The zero-order valence-electron chi connectivity index (χ0n) is 11.6. The Bertz CT molecular complexity index is 618. The average Bonchev–Trinajstić information content (AvgIpc) is 3.15. The van der Waals surface area contributed by atoms with Crippen LogP contribution in [0.2, 0.25) is 0 Å². The molecule has 3 rings (SSSR count). The minimum absolute atomic E-state index is 0.0178. The molecule has 0 saturated heterocycles. The third-order valence-corrected chi connectivity index (χ3v) is 3.74. The van der Waals surface area contributed by atoms with Crippen molar-refractivity contribution in [2.45, 2.75) is 32.7 Å². The van der Waals surface area contributed by atoms with Crippen molar-refractivity contribution in [3.05, 3.63) is 35.7 Å². The predicted molar refractivity (Wildman–Crippen MR) is 73.5 cm³/mol. The fraction of sp³-hybridized carbons (Fsp3) is 0.429. The van der Waals surface area contributed by atoms with E-state index in [4.69, 9.17) is 0 Å². The van der Waals surface area contributed by atoms with Gasteiger partial charge in [0.05, 0.1) is 5.69 Å². The van der Waals surface area contributed by atoms with Gasteiger partial charge in [0.1, 0.15) is 6.33 Å². The number of hydrogen-bond acceptors (Lipinski definition) is 4. The second-order valence-corrected chi connectivity index (χ2v) is 5.36. The fourth-order valence-corrected chi connectivity index (χ4v) is 2.33. The molecule has 0 radical (unpaired) electrons. The Kier molecular flexibility index (Phi) is 3.22. The summed E-state index contributed by atoms with van der Waals surface area (Å²) in [7, 11) is 0. The Balaban J connectivity index is 1.77. The molecule has 1 aliphatic carbocycles. The van der Waals surface area contributed by atoms with Gasteiger partial charge in [0.15, 0.2) is 0 Å². The molecule has 1 aromatic heterocycles. The number of hydrogen-bond donors (Lipinski definition) is 1. The monoisotopic (exact) mass is 271 g/mol. The van der Waals surface area contributed by atoms with Gasteiger partial charge in [-0.2, -0.15) is 0 Å². The van der Waals surface area contributed by atoms with E-state index in [1.165, 1.54) is 19.2 Å². The summed E-state index contributed by atoms with van der Waals surface area (Å²) in [6.07, 6.45) is 3.98. The highest BCUT2D eigenvalue weighted by Crippen LogP contribution is 2.32. The number of aromatic nitrogens is 4. The zero-order valence-corrected chi connectivity index (χ0v) is 11.6. The van der Waals surface area contributed by atoms with Gasteiger partial charge in [0.2, 0.25) is 0 Å².